The Morgan fingerprint density at radius 2 is 1.76 bits per heavy atom. The molecular weight excluding hydrogens is 589 g/mol. The first kappa shape index (κ1) is 28.9. The summed E-state index contributed by atoms with van der Waals surface area (Å²) < 4.78 is 5.83. The molecule has 0 spiro atoms. The number of nitrogens with one attached hydrogen (secondary N) is 5. The van der Waals surface area contributed by atoms with Crippen LogP contribution in [0.15, 0.2) is 59.4 Å². The van der Waals surface area contributed by atoms with E-state index in [0.29, 0.717) is 33.6 Å². The number of hydroxylamine groups is 1. The average molecular weight is 614 g/mol. The van der Waals surface area contributed by atoms with Gasteiger partial charge in [0, 0.05) is 18.7 Å². The quantitative estimate of drug-likeness (QED) is 0.100. The Labute approximate surface area is 248 Å². The van der Waals surface area contributed by atoms with Crippen LogP contribution in [0.4, 0.5) is 10.5 Å². The number of likely N-dealkylation sites (tertiary alicyclic amines) is 1. The van der Waals surface area contributed by atoms with Crippen molar-refractivity contribution in [2.75, 3.05) is 11.9 Å². The number of amides is 4. The van der Waals surface area contributed by atoms with Crippen molar-refractivity contribution in [1.29, 1.82) is 0 Å². The molecule has 0 bridgehead atoms. The Hall–Kier alpha value is -4.59. The number of carbonyl (C=O) groups excluding carboxylic acids is 3. The van der Waals surface area contributed by atoms with Crippen LogP contribution < -0.4 is 26.5 Å². The van der Waals surface area contributed by atoms with Gasteiger partial charge in [-0.2, -0.15) is 0 Å². The molecule has 3 heterocycles. The molecule has 42 heavy (non-hydrogen) atoms. The molecule has 5 rings (SSSR count). The lowest BCUT2D eigenvalue weighted by molar-refractivity contribution is -0.143. The summed E-state index contributed by atoms with van der Waals surface area (Å²) in [4.78, 5) is 61.2. The second kappa shape index (κ2) is 11.7. The minimum atomic E-state index is -1.54. The number of imidazole rings is 1. The molecule has 1 fully saturated rings. The number of hydrogen-bond acceptors (Lipinski definition) is 7. The van der Waals surface area contributed by atoms with Crippen molar-refractivity contribution in [3.8, 4) is 5.75 Å². The Morgan fingerprint density at radius 3 is 2.45 bits per heavy atom. The number of urea groups is 1. The number of nitrogens with zero attached hydrogens (tertiary/aromatic N) is 2. The van der Waals surface area contributed by atoms with E-state index in [0.717, 1.165) is 0 Å². The molecule has 2 aromatic heterocycles. The number of pyridine rings is 1. The van der Waals surface area contributed by atoms with Crippen LogP contribution in [0.3, 0.4) is 0 Å². The Balaban J connectivity index is 1.39. The van der Waals surface area contributed by atoms with Crippen LogP contribution >= 0.6 is 23.2 Å². The number of aromatic amines is 2. The van der Waals surface area contributed by atoms with Gasteiger partial charge < -0.3 is 30.2 Å². The van der Waals surface area contributed by atoms with Crippen LogP contribution in [0.1, 0.15) is 24.5 Å². The van der Waals surface area contributed by atoms with E-state index in [1.54, 1.807) is 60.1 Å². The maximum Gasteiger partial charge on any atom is 0.323 e. The molecule has 218 valence electrons. The van der Waals surface area contributed by atoms with Gasteiger partial charge in [0.2, 0.25) is 0 Å². The number of aromatic nitrogens is 3. The monoisotopic (exact) mass is 613 g/mol. The number of halogens is 2. The van der Waals surface area contributed by atoms with Gasteiger partial charge in [-0.25, -0.2) is 20.1 Å². The number of fused-ring (bicyclic) bond motifs is 1. The number of H-pyrrole nitrogens is 2. The summed E-state index contributed by atoms with van der Waals surface area (Å²) in [5, 5.41) is 15.1. The van der Waals surface area contributed by atoms with Gasteiger partial charge in [-0.3, -0.25) is 14.8 Å². The highest BCUT2D eigenvalue weighted by molar-refractivity contribution is 6.32. The summed E-state index contributed by atoms with van der Waals surface area (Å²) >= 11 is 11.9. The summed E-state index contributed by atoms with van der Waals surface area (Å²) in [6.45, 7) is 1.76. The first-order chi connectivity index (χ1) is 20.1. The van der Waals surface area contributed by atoms with E-state index >= 15 is 0 Å². The van der Waals surface area contributed by atoms with Crippen molar-refractivity contribution in [2.24, 2.45) is 0 Å². The van der Waals surface area contributed by atoms with Gasteiger partial charge >= 0.3 is 11.7 Å². The third-order valence-electron chi connectivity index (χ3n) is 6.99. The van der Waals surface area contributed by atoms with Crippen LogP contribution in [0.5, 0.6) is 5.75 Å². The zero-order valence-corrected chi connectivity index (χ0v) is 23.5. The number of anilines is 1. The van der Waals surface area contributed by atoms with Gasteiger partial charge in [0.25, 0.3) is 11.8 Å². The van der Waals surface area contributed by atoms with Gasteiger partial charge in [0.1, 0.15) is 34.2 Å². The van der Waals surface area contributed by atoms with Crippen LogP contribution in [-0.4, -0.2) is 55.5 Å². The standard InChI is InChI=1S/C27H25Cl2N7O6/c1-14(23(37)35-41)36-9-8-27(24(36)38,34-26(40)30-17-4-7-19-20(12-17)32-25(39)31-19)16-2-5-18(6-3-16)42-13-15-10-21(28)33-22(29)11-15/h2-7,10-12,14,41H,8-9,13H2,1H3,(H,35,37)(H2,30,34,40)(H2,31,32,39). The molecule has 2 atom stereocenters. The summed E-state index contributed by atoms with van der Waals surface area (Å²) in [7, 11) is 0. The predicted octanol–water partition coefficient (Wildman–Crippen LogP) is 3.28. The maximum atomic E-state index is 13.8. The molecule has 1 aliphatic heterocycles. The fraction of sp³-hybridized carbons (Fsp3) is 0.222. The lowest BCUT2D eigenvalue weighted by atomic mass is 9.88. The van der Waals surface area contributed by atoms with E-state index in [9.17, 15) is 19.2 Å². The number of ether oxygens (including phenoxy) is 1. The molecule has 6 N–H and O–H groups in total. The summed E-state index contributed by atoms with van der Waals surface area (Å²) in [6, 6.07) is 13.0. The van der Waals surface area contributed by atoms with Gasteiger partial charge in [0.15, 0.2) is 0 Å². The minimum absolute atomic E-state index is 0.131. The zero-order chi connectivity index (χ0) is 30.0. The second-order valence-electron chi connectivity index (χ2n) is 9.66. The third kappa shape index (κ3) is 5.88. The number of hydrogen-bond donors (Lipinski definition) is 6. The van der Waals surface area contributed by atoms with Gasteiger partial charge in [0.05, 0.1) is 11.0 Å². The van der Waals surface area contributed by atoms with Crippen molar-refractivity contribution in [1.82, 2.24) is 30.6 Å². The molecule has 1 saturated heterocycles. The predicted molar refractivity (Wildman–Crippen MR) is 154 cm³/mol. The van der Waals surface area contributed by atoms with E-state index in [2.05, 4.69) is 25.6 Å². The van der Waals surface area contributed by atoms with Crippen molar-refractivity contribution in [3.05, 3.63) is 86.5 Å². The Morgan fingerprint density at radius 1 is 1.07 bits per heavy atom. The number of carbonyl (C=O) groups is 3. The molecular formula is C27H25Cl2N7O6. The number of rotatable bonds is 8. The first-order valence-corrected chi connectivity index (χ1v) is 13.4. The Kier molecular flexibility index (Phi) is 8.07. The van der Waals surface area contributed by atoms with Gasteiger partial charge in [-0.05, 0) is 60.5 Å². The Bertz CT molecular complexity index is 1700. The fourth-order valence-electron chi connectivity index (χ4n) is 4.87. The molecule has 0 radical (unpaired) electrons. The van der Waals surface area contributed by atoms with E-state index in [-0.39, 0.29) is 35.6 Å². The average Bonchev–Trinajstić information content (AvgIpc) is 3.49. The van der Waals surface area contributed by atoms with E-state index in [4.69, 9.17) is 33.1 Å². The van der Waals surface area contributed by atoms with E-state index in [1.165, 1.54) is 11.8 Å². The highest BCUT2D eigenvalue weighted by Gasteiger charge is 2.51. The van der Waals surface area contributed by atoms with E-state index in [1.807, 2.05) is 0 Å². The SMILES string of the molecule is CC(C(=O)NO)N1CCC(NC(=O)Nc2ccc3[nH]c(=O)[nH]c3c2)(c2ccc(OCc3cc(Cl)nc(Cl)c3)cc2)C1=O. The van der Waals surface area contributed by atoms with Gasteiger partial charge in [-0.15, -0.1) is 0 Å². The summed E-state index contributed by atoms with van der Waals surface area (Å²) in [6.07, 6.45) is 0.140. The third-order valence-corrected chi connectivity index (χ3v) is 7.37. The van der Waals surface area contributed by atoms with Crippen LogP contribution in [0, 0.1) is 0 Å². The van der Waals surface area contributed by atoms with E-state index < -0.39 is 29.4 Å². The molecule has 0 aliphatic carbocycles. The molecule has 0 saturated carbocycles. The molecule has 4 aromatic rings. The van der Waals surface area contributed by atoms with Crippen molar-refractivity contribution in [2.45, 2.75) is 31.5 Å². The fourth-order valence-corrected chi connectivity index (χ4v) is 5.37. The molecule has 2 unspecified atom stereocenters. The molecule has 13 nitrogen and oxygen atoms in total. The van der Waals surface area contributed by atoms with Crippen LogP contribution in [-0.2, 0) is 21.7 Å². The van der Waals surface area contributed by atoms with Crippen molar-refractivity contribution in [3.63, 3.8) is 0 Å². The lowest BCUT2D eigenvalue weighted by Gasteiger charge is -2.31. The smallest absolute Gasteiger partial charge is 0.323 e. The second-order valence-corrected chi connectivity index (χ2v) is 10.4. The van der Waals surface area contributed by atoms with Crippen molar-refractivity contribution >= 4 is 57.8 Å². The zero-order valence-electron chi connectivity index (χ0n) is 22.0. The number of benzene rings is 2. The van der Waals surface area contributed by atoms with Gasteiger partial charge in [-0.1, -0.05) is 35.3 Å². The molecule has 2 aromatic carbocycles. The highest BCUT2D eigenvalue weighted by Crippen LogP contribution is 2.36. The van der Waals surface area contributed by atoms with Crippen molar-refractivity contribution < 1.29 is 24.3 Å². The first-order valence-electron chi connectivity index (χ1n) is 12.7. The normalized spacial score (nSPS) is 17.2. The van der Waals surface area contributed by atoms with Crippen LogP contribution in [0.2, 0.25) is 10.3 Å². The van der Waals surface area contributed by atoms with Crippen LogP contribution in [0.25, 0.3) is 11.0 Å². The molecule has 4 amide bonds. The molecule has 1 aliphatic rings. The summed E-state index contributed by atoms with van der Waals surface area (Å²) in [5.74, 6) is -0.821. The lowest BCUT2D eigenvalue weighted by Crippen LogP contribution is -2.55. The summed E-state index contributed by atoms with van der Waals surface area (Å²) in [5.41, 5.74) is 2.24. The maximum absolute atomic E-state index is 13.8. The minimum Gasteiger partial charge on any atom is -0.489 e. The highest BCUT2D eigenvalue weighted by atomic mass is 35.5. The molecule has 15 heteroatoms. The topological polar surface area (TPSA) is 182 Å². The largest absolute Gasteiger partial charge is 0.489 e.